The van der Waals surface area contributed by atoms with Crippen LogP contribution in [0.3, 0.4) is 0 Å². The third kappa shape index (κ3) is 2.96. The summed E-state index contributed by atoms with van der Waals surface area (Å²) in [5, 5.41) is 18.1. The van der Waals surface area contributed by atoms with Crippen molar-refractivity contribution in [2.45, 2.75) is 44.8 Å². The molecular weight excluding hydrogens is 182 g/mol. The third-order valence-electron chi connectivity index (χ3n) is 2.68. The molecule has 0 radical (unpaired) electrons. The topological polar surface area (TPSA) is 60.8 Å². The van der Waals surface area contributed by atoms with Gasteiger partial charge in [0.2, 0.25) is 5.91 Å². The molecule has 14 heavy (non-hydrogen) atoms. The Labute approximate surface area is 84.5 Å². The molecule has 2 atom stereocenters. The predicted octanol–water partition coefficient (Wildman–Crippen LogP) is 0.131. The molecule has 0 spiro atoms. The third-order valence-corrected chi connectivity index (χ3v) is 2.68. The van der Waals surface area contributed by atoms with E-state index in [0.29, 0.717) is 12.8 Å². The molecule has 0 aliphatic carbocycles. The second-order valence-corrected chi connectivity index (χ2v) is 3.95. The van der Waals surface area contributed by atoms with Crippen molar-refractivity contribution >= 4 is 5.91 Å². The fourth-order valence-corrected chi connectivity index (χ4v) is 1.83. The largest absolute Gasteiger partial charge is 0.394 e. The zero-order valence-corrected chi connectivity index (χ0v) is 8.65. The molecule has 1 rings (SSSR count). The smallest absolute Gasteiger partial charge is 0.222 e. The van der Waals surface area contributed by atoms with Crippen LogP contribution in [-0.2, 0) is 4.79 Å². The van der Waals surface area contributed by atoms with Crippen molar-refractivity contribution in [3.63, 3.8) is 0 Å². The quantitative estimate of drug-likeness (QED) is 0.679. The first-order valence-corrected chi connectivity index (χ1v) is 5.23. The number of hydrogen-bond donors (Lipinski definition) is 2. The highest BCUT2D eigenvalue weighted by molar-refractivity contribution is 5.76. The van der Waals surface area contributed by atoms with Gasteiger partial charge in [-0.05, 0) is 26.2 Å². The van der Waals surface area contributed by atoms with Crippen molar-refractivity contribution in [2.75, 3.05) is 13.2 Å². The van der Waals surface area contributed by atoms with Gasteiger partial charge in [0.15, 0.2) is 0 Å². The van der Waals surface area contributed by atoms with Crippen molar-refractivity contribution < 1.29 is 15.0 Å². The van der Waals surface area contributed by atoms with Crippen LogP contribution in [0.4, 0.5) is 0 Å². The Kier molecular flexibility index (Phi) is 4.35. The molecule has 1 fully saturated rings. The molecule has 82 valence electrons. The summed E-state index contributed by atoms with van der Waals surface area (Å²) in [4.78, 5) is 13.4. The van der Waals surface area contributed by atoms with Gasteiger partial charge in [0.1, 0.15) is 0 Å². The fourth-order valence-electron chi connectivity index (χ4n) is 1.83. The van der Waals surface area contributed by atoms with E-state index in [9.17, 15) is 4.79 Å². The Balaban J connectivity index is 2.35. The molecule has 1 aliphatic rings. The van der Waals surface area contributed by atoms with E-state index in [1.54, 1.807) is 11.8 Å². The van der Waals surface area contributed by atoms with Gasteiger partial charge in [-0.15, -0.1) is 0 Å². The van der Waals surface area contributed by atoms with Crippen LogP contribution in [0.5, 0.6) is 0 Å². The summed E-state index contributed by atoms with van der Waals surface area (Å²) in [5.41, 5.74) is 0. The normalized spacial score (nSPS) is 23.9. The van der Waals surface area contributed by atoms with Crippen LogP contribution in [0.1, 0.15) is 32.6 Å². The number of likely N-dealkylation sites (tertiary alicyclic amines) is 1. The minimum absolute atomic E-state index is 0.0106. The van der Waals surface area contributed by atoms with Crippen LogP contribution >= 0.6 is 0 Å². The van der Waals surface area contributed by atoms with Crippen molar-refractivity contribution in [3.8, 4) is 0 Å². The molecule has 0 aromatic carbocycles. The van der Waals surface area contributed by atoms with E-state index in [1.807, 2.05) is 0 Å². The van der Waals surface area contributed by atoms with Crippen LogP contribution in [0.15, 0.2) is 0 Å². The molecule has 0 aromatic rings. The van der Waals surface area contributed by atoms with Crippen molar-refractivity contribution in [1.29, 1.82) is 0 Å². The van der Waals surface area contributed by atoms with Gasteiger partial charge in [-0.2, -0.15) is 0 Å². The molecule has 0 bridgehead atoms. The van der Waals surface area contributed by atoms with Crippen LogP contribution < -0.4 is 0 Å². The van der Waals surface area contributed by atoms with E-state index in [0.717, 1.165) is 19.4 Å². The summed E-state index contributed by atoms with van der Waals surface area (Å²) < 4.78 is 0. The Hall–Kier alpha value is -0.610. The molecule has 1 heterocycles. The Morgan fingerprint density at radius 3 is 2.93 bits per heavy atom. The molecule has 2 N–H and O–H groups in total. The van der Waals surface area contributed by atoms with Crippen molar-refractivity contribution in [2.24, 2.45) is 0 Å². The molecule has 4 heteroatoms. The summed E-state index contributed by atoms with van der Waals surface area (Å²) in [7, 11) is 0. The van der Waals surface area contributed by atoms with Gasteiger partial charge in [-0.1, -0.05) is 0 Å². The van der Waals surface area contributed by atoms with Gasteiger partial charge < -0.3 is 15.1 Å². The number of amides is 1. The Morgan fingerprint density at radius 2 is 2.36 bits per heavy atom. The molecule has 1 aliphatic heterocycles. The van der Waals surface area contributed by atoms with E-state index in [4.69, 9.17) is 10.2 Å². The molecule has 4 nitrogen and oxygen atoms in total. The van der Waals surface area contributed by atoms with E-state index < -0.39 is 6.10 Å². The minimum atomic E-state index is -0.422. The van der Waals surface area contributed by atoms with Gasteiger partial charge >= 0.3 is 0 Å². The van der Waals surface area contributed by atoms with Crippen molar-refractivity contribution in [1.82, 2.24) is 4.90 Å². The number of carbonyl (C=O) groups is 1. The highest BCUT2D eigenvalue weighted by atomic mass is 16.3. The maximum atomic E-state index is 11.6. The number of carbonyl (C=O) groups excluding carboxylic acids is 1. The van der Waals surface area contributed by atoms with Crippen LogP contribution in [0.25, 0.3) is 0 Å². The SMILES string of the molecule is CC(O)CCC(=O)N1CCCC1CO. The number of aliphatic hydroxyl groups excluding tert-OH is 2. The average molecular weight is 201 g/mol. The lowest BCUT2D eigenvalue weighted by molar-refractivity contribution is -0.133. The molecule has 2 unspecified atom stereocenters. The zero-order chi connectivity index (χ0) is 10.6. The summed E-state index contributed by atoms with van der Waals surface area (Å²) in [5.74, 6) is 0.0578. The molecule has 0 aromatic heterocycles. The first-order chi connectivity index (χ1) is 6.65. The summed E-state index contributed by atoms with van der Waals surface area (Å²) in [6, 6.07) is 0.0106. The van der Waals surface area contributed by atoms with E-state index in [1.165, 1.54) is 0 Å². The number of hydrogen-bond acceptors (Lipinski definition) is 3. The Morgan fingerprint density at radius 1 is 1.64 bits per heavy atom. The van der Waals surface area contributed by atoms with Gasteiger partial charge in [0.25, 0.3) is 0 Å². The van der Waals surface area contributed by atoms with Crippen LogP contribution in [-0.4, -0.2) is 46.3 Å². The molecular formula is C10H19NO3. The summed E-state index contributed by atoms with van der Waals surface area (Å²) >= 11 is 0. The lowest BCUT2D eigenvalue weighted by atomic mass is 10.2. The zero-order valence-electron chi connectivity index (χ0n) is 8.65. The number of aliphatic hydroxyl groups is 2. The second kappa shape index (κ2) is 5.32. The number of nitrogens with zero attached hydrogens (tertiary/aromatic N) is 1. The van der Waals surface area contributed by atoms with Crippen molar-refractivity contribution in [3.05, 3.63) is 0 Å². The Bertz CT molecular complexity index is 194. The standard InChI is InChI=1S/C10H19NO3/c1-8(13)4-5-10(14)11-6-2-3-9(11)7-12/h8-9,12-13H,2-7H2,1H3. The van der Waals surface area contributed by atoms with Gasteiger partial charge in [0.05, 0.1) is 18.8 Å². The van der Waals surface area contributed by atoms with Gasteiger partial charge in [0, 0.05) is 13.0 Å². The second-order valence-electron chi connectivity index (χ2n) is 3.95. The minimum Gasteiger partial charge on any atom is -0.394 e. The maximum absolute atomic E-state index is 11.6. The van der Waals surface area contributed by atoms with E-state index >= 15 is 0 Å². The maximum Gasteiger partial charge on any atom is 0.222 e. The predicted molar refractivity (Wildman–Crippen MR) is 52.7 cm³/mol. The number of rotatable bonds is 4. The highest BCUT2D eigenvalue weighted by Gasteiger charge is 2.27. The first-order valence-electron chi connectivity index (χ1n) is 5.23. The monoisotopic (exact) mass is 201 g/mol. The van der Waals surface area contributed by atoms with E-state index in [2.05, 4.69) is 0 Å². The lowest BCUT2D eigenvalue weighted by Crippen LogP contribution is -2.37. The first kappa shape index (κ1) is 11.5. The summed E-state index contributed by atoms with van der Waals surface area (Å²) in [6.45, 7) is 2.49. The van der Waals surface area contributed by atoms with Crippen LogP contribution in [0, 0.1) is 0 Å². The summed E-state index contributed by atoms with van der Waals surface area (Å²) in [6.07, 6.45) is 2.35. The average Bonchev–Trinajstić information content (AvgIpc) is 2.61. The highest BCUT2D eigenvalue weighted by Crippen LogP contribution is 2.18. The van der Waals surface area contributed by atoms with E-state index in [-0.39, 0.29) is 18.6 Å². The lowest BCUT2D eigenvalue weighted by Gasteiger charge is -2.23. The molecule has 0 saturated carbocycles. The van der Waals surface area contributed by atoms with Gasteiger partial charge in [-0.3, -0.25) is 4.79 Å². The van der Waals surface area contributed by atoms with Gasteiger partial charge in [-0.25, -0.2) is 0 Å². The molecule has 1 amide bonds. The molecule has 1 saturated heterocycles. The fraction of sp³-hybridized carbons (Fsp3) is 0.900. The van der Waals surface area contributed by atoms with Crippen LogP contribution in [0.2, 0.25) is 0 Å².